The molecule has 30 heavy (non-hydrogen) atoms. The molecule has 0 amide bonds. The van der Waals surface area contributed by atoms with Crippen molar-refractivity contribution in [1.29, 1.82) is 0 Å². The lowest BCUT2D eigenvalue weighted by Crippen LogP contribution is -2.45. The van der Waals surface area contributed by atoms with E-state index in [9.17, 15) is 5.11 Å². The van der Waals surface area contributed by atoms with Crippen LogP contribution in [0.1, 0.15) is 76.2 Å². The van der Waals surface area contributed by atoms with Gasteiger partial charge in [-0.1, -0.05) is 81.5 Å². The van der Waals surface area contributed by atoms with E-state index in [0.29, 0.717) is 0 Å². The number of hydrogen-bond acceptors (Lipinski definition) is 2. The Morgan fingerprint density at radius 1 is 0.900 bits per heavy atom. The molecule has 2 aromatic rings. The summed E-state index contributed by atoms with van der Waals surface area (Å²) in [6.07, 6.45) is 10.7. The van der Waals surface area contributed by atoms with E-state index in [0.717, 1.165) is 38.1 Å². The van der Waals surface area contributed by atoms with Crippen LogP contribution in [0.2, 0.25) is 0 Å². The maximum Gasteiger partial charge on any atom is 0.0728 e. The summed E-state index contributed by atoms with van der Waals surface area (Å²) >= 11 is 0. The molecule has 4 heteroatoms. The van der Waals surface area contributed by atoms with Crippen molar-refractivity contribution < 1.29 is 5.11 Å². The van der Waals surface area contributed by atoms with Crippen LogP contribution < -0.4 is 0 Å². The van der Waals surface area contributed by atoms with E-state index >= 15 is 0 Å². The maximum atomic E-state index is 12.0. The van der Waals surface area contributed by atoms with Crippen LogP contribution in [0.15, 0.2) is 42.5 Å². The molecule has 0 radical (unpaired) electrons. The van der Waals surface area contributed by atoms with E-state index in [2.05, 4.69) is 54.3 Å². The standard InChI is InChI=1S/C26H37NO.2ClH/c1-21-14-18-27(19-15-21)20-25(26(28)16-7-3-2-4-8-17-26)24-13-9-11-22-10-5-6-12-23(22)24;;/h5-6,9-13,21,25,28H,2-4,7-8,14-20H2,1H3;2*1H. The average molecular weight is 453 g/mol. The molecule has 1 unspecified atom stereocenters. The molecular formula is C26H39Cl2NO. The van der Waals surface area contributed by atoms with Gasteiger partial charge in [-0.3, -0.25) is 0 Å². The van der Waals surface area contributed by atoms with Gasteiger partial charge in [-0.2, -0.15) is 0 Å². The van der Waals surface area contributed by atoms with Gasteiger partial charge in [-0.15, -0.1) is 24.8 Å². The van der Waals surface area contributed by atoms with E-state index in [1.807, 2.05) is 0 Å². The number of halogens is 2. The van der Waals surface area contributed by atoms with Crippen molar-refractivity contribution in [3.8, 4) is 0 Å². The summed E-state index contributed by atoms with van der Waals surface area (Å²) in [7, 11) is 0. The fraction of sp³-hybridized carbons (Fsp3) is 0.615. The summed E-state index contributed by atoms with van der Waals surface area (Å²) in [4.78, 5) is 2.63. The molecule has 4 rings (SSSR count). The Morgan fingerprint density at radius 2 is 1.50 bits per heavy atom. The molecule has 1 saturated heterocycles. The van der Waals surface area contributed by atoms with Crippen LogP contribution in [0.25, 0.3) is 10.8 Å². The third-order valence-corrected chi connectivity index (χ3v) is 7.38. The second-order valence-corrected chi connectivity index (χ2v) is 9.48. The van der Waals surface area contributed by atoms with Gasteiger partial charge in [0.05, 0.1) is 5.60 Å². The van der Waals surface area contributed by atoms with E-state index < -0.39 is 5.60 Å². The van der Waals surface area contributed by atoms with Crippen LogP contribution in [0, 0.1) is 5.92 Å². The summed E-state index contributed by atoms with van der Waals surface area (Å²) in [5.41, 5.74) is 0.785. The first-order chi connectivity index (χ1) is 13.7. The minimum Gasteiger partial charge on any atom is -0.389 e. The Kier molecular flexibility index (Phi) is 9.94. The number of nitrogens with zero attached hydrogens (tertiary/aromatic N) is 1. The third-order valence-electron chi connectivity index (χ3n) is 7.38. The second kappa shape index (κ2) is 11.7. The van der Waals surface area contributed by atoms with Gasteiger partial charge in [0, 0.05) is 12.5 Å². The molecule has 1 heterocycles. The van der Waals surface area contributed by atoms with Crippen LogP contribution in [0.5, 0.6) is 0 Å². The quantitative estimate of drug-likeness (QED) is 0.541. The van der Waals surface area contributed by atoms with Crippen molar-refractivity contribution in [2.24, 2.45) is 5.92 Å². The van der Waals surface area contributed by atoms with Gasteiger partial charge in [0.25, 0.3) is 0 Å². The van der Waals surface area contributed by atoms with Crippen molar-refractivity contribution in [2.45, 2.75) is 76.2 Å². The molecule has 1 aliphatic carbocycles. The Balaban J connectivity index is 0.00000160. The number of rotatable bonds is 4. The van der Waals surface area contributed by atoms with E-state index in [1.165, 1.54) is 61.5 Å². The van der Waals surface area contributed by atoms with Crippen molar-refractivity contribution in [1.82, 2.24) is 4.90 Å². The zero-order chi connectivity index (χ0) is 19.4. The lowest BCUT2D eigenvalue weighted by molar-refractivity contribution is -0.0242. The first kappa shape index (κ1) is 25.5. The molecule has 0 bridgehead atoms. The van der Waals surface area contributed by atoms with Crippen LogP contribution >= 0.6 is 24.8 Å². The summed E-state index contributed by atoms with van der Waals surface area (Å²) in [5.74, 6) is 1.04. The molecule has 2 aliphatic rings. The SMILES string of the molecule is CC1CCN(CC(c2cccc3ccccc23)C2(O)CCCCCCC2)CC1.Cl.Cl. The Hall–Kier alpha value is -0.800. The molecule has 1 saturated carbocycles. The number of likely N-dealkylation sites (tertiary alicyclic amines) is 1. The predicted octanol–water partition coefficient (Wildman–Crippen LogP) is 6.97. The molecular weight excluding hydrogens is 413 g/mol. The summed E-state index contributed by atoms with van der Waals surface area (Å²) < 4.78 is 0. The van der Waals surface area contributed by atoms with E-state index in [4.69, 9.17) is 0 Å². The molecule has 1 aliphatic heterocycles. The van der Waals surface area contributed by atoms with Crippen molar-refractivity contribution >= 4 is 35.6 Å². The summed E-state index contributed by atoms with van der Waals surface area (Å²) in [6.45, 7) is 5.73. The maximum absolute atomic E-state index is 12.0. The number of piperidine rings is 1. The second-order valence-electron chi connectivity index (χ2n) is 9.48. The van der Waals surface area contributed by atoms with Gasteiger partial charge < -0.3 is 10.0 Å². The van der Waals surface area contributed by atoms with Crippen LogP contribution in [-0.4, -0.2) is 35.2 Å². The molecule has 2 aromatic carbocycles. The highest BCUT2D eigenvalue weighted by molar-refractivity contribution is 5.86. The number of hydrogen-bond donors (Lipinski definition) is 1. The number of fused-ring (bicyclic) bond motifs is 1. The van der Waals surface area contributed by atoms with Crippen LogP contribution in [-0.2, 0) is 0 Å². The van der Waals surface area contributed by atoms with E-state index in [1.54, 1.807) is 0 Å². The van der Waals surface area contributed by atoms with E-state index in [-0.39, 0.29) is 30.7 Å². The average Bonchev–Trinajstić information content (AvgIpc) is 2.70. The smallest absolute Gasteiger partial charge is 0.0728 e. The van der Waals surface area contributed by atoms with Crippen LogP contribution in [0.3, 0.4) is 0 Å². The predicted molar refractivity (Wildman–Crippen MR) is 133 cm³/mol. The van der Waals surface area contributed by atoms with Gasteiger partial charge in [-0.25, -0.2) is 0 Å². The van der Waals surface area contributed by atoms with Crippen molar-refractivity contribution in [3.05, 3.63) is 48.0 Å². The highest BCUT2D eigenvalue weighted by Crippen LogP contribution is 2.41. The molecule has 1 atom stereocenters. The first-order valence-electron chi connectivity index (χ1n) is 11.6. The molecule has 0 spiro atoms. The van der Waals surface area contributed by atoms with Gasteiger partial charge >= 0.3 is 0 Å². The molecule has 2 nitrogen and oxygen atoms in total. The topological polar surface area (TPSA) is 23.5 Å². The van der Waals surface area contributed by atoms with Gasteiger partial charge in [0.15, 0.2) is 0 Å². The zero-order valence-corrected chi connectivity index (χ0v) is 20.0. The zero-order valence-electron chi connectivity index (χ0n) is 18.4. The lowest BCUT2D eigenvalue weighted by atomic mass is 9.73. The fourth-order valence-electron chi connectivity index (χ4n) is 5.48. The van der Waals surface area contributed by atoms with Crippen LogP contribution in [0.4, 0.5) is 0 Å². The number of aliphatic hydroxyl groups is 1. The Bertz CT molecular complexity index is 759. The fourth-order valence-corrected chi connectivity index (χ4v) is 5.48. The molecule has 168 valence electrons. The summed E-state index contributed by atoms with van der Waals surface area (Å²) in [6, 6.07) is 15.4. The minimum absolute atomic E-state index is 0. The minimum atomic E-state index is -0.576. The summed E-state index contributed by atoms with van der Waals surface area (Å²) in [5, 5.41) is 14.6. The molecule has 0 aromatic heterocycles. The van der Waals surface area contributed by atoms with Gasteiger partial charge in [0.2, 0.25) is 0 Å². The number of benzene rings is 2. The highest BCUT2D eigenvalue weighted by atomic mass is 35.5. The monoisotopic (exact) mass is 451 g/mol. The normalized spacial score (nSPS) is 21.7. The molecule has 2 fully saturated rings. The Morgan fingerprint density at radius 3 is 2.20 bits per heavy atom. The van der Waals surface area contributed by atoms with Crippen molar-refractivity contribution in [2.75, 3.05) is 19.6 Å². The van der Waals surface area contributed by atoms with Gasteiger partial charge in [-0.05, 0) is 61.0 Å². The lowest BCUT2D eigenvalue weighted by Gasteiger charge is -2.42. The Labute approximate surface area is 195 Å². The molecule has 1 N–H and O–H groups in total. The highest BCUT2D eigenvalue weighted by Gasteiger charge is 2.39. The third kappa shape index (κ3) is 5.91. The first-order valence-corrected chi connectivity index (χ1v) is 11.6. The van der Waals surface area contributed by atoms with Crippen molar-refractivity contribution in [3.63, 3.8) is 0 Å². The van der Waals surface area contributed by atoms with Gasteiger partial charge in [0.1, 0.15) is 0 Å². The largest absolute Gasteiger partial charge is 0.389 e.